The van der Waals surface area contributed by atoms with E-state index in [9.17, 15) is 9.59 Å². The van der Waals surface area contributed by atoms with Crippen LogP contribution in [0.4, 0.5) is 5.69 Å². The molecule has 0 unspecified atom stereocenters. The molecule has 5 heteroatoms. The highest BCUT2D eigenvalue weighted by Crippen LogP contribution is 2.07. The van der Waals surface area contributed by atoms with Crippen LogP contribution in [-0.2, 0) is 9.59 Å². The second-order valence-corrected chi connectivity index (χ2v) is 5.11. The third-order valence-electron chi connectivity index (χ3n) is 1.97. The molecule has 4 nitrogen and oxygen atoms in total. The van der Waals surface area contributed by atoms with Gasteiger partial charge in [-0.15, -0.1) is 11.8 Å². The summed E-state index contributed by atoms with van der Waals surface area (Å²) >= 11 is 1.31. The van der Waals surface area contributed by atoms with Crippen molar-refractivity contribution in [1.82, 2.24) is 5.32 Å². The Balaban J connectivity index is 2.20. The minimum absolute atomic E-state index is 0.0393. The maximum Gasteiger partial charge on any atom is 0.234 e. The van der Waals surface area contributed by atoms with E-state index in [4.69, 9.17) is 0 Å². The number of hydrogen-bond donors (Lipinski definition) is 2. The number of amides is 2. The van der Waals surface area contributed by atoms with Gasteiger partial charge in [-0.25, -0.2) is 0 Å². The molecule has 0 fully saturated rings. The highest BCUT2D eigenvalue weighted by molar-refractivity contribution is 8.00. The molecular weight excluding hydrogens is 248 g/mol. The van der Waals surface area contributed by atoms with Gasteiger partial charge in [0.1, 0.15) is 0 Å². The quantitative estimate of drug-likeness (QED) is 0.826. The Morgan fingerprint density at radius 3 is 2.33 bits per heavy atom. The standard InChI is InChI=1S/C13H18N2O2S/c1-10(2)14-12(16)8-18-9-13(17)15-11-6-4-3-5-7-11/h3-7,10H,8-9H2,1-2H3,(H,14,16)(H,15,17). The maximum absolute atomic E-state index is 11.6. The Kier molecular flexibility index (Phi) is 6.28. The number of anilines is 1. The van der Waals surface area contributed by atoms with E-state index in [1.807, 2.05) is 44.2 Å². The van der Waals surface area contributed by atoms with Crippen LogP contribution in [-0.4, -0.2) is 29.4 Å². The molecule has 98 valence electrons. The first-order valence-electron chi connectivity index (χ1n) is 5.80. The number of benzene rings is 1. The SMILES string of the molecule is CC(C)NC(=O)CSCC(=O)Nc1ccccc1. The number of hydrogen-bond acceptors (Lipinski definition) is 3. The molecule has 0 heterocycles. The predicted molar refractivity (Wildman–Crippen MR) is 75.7 cm³/mol. The van der Waals surface area contributed by atoms with Crippen LogP contribution < -0.4 is 10.6 Å². The first-order chi connectivity index (χ1) is 8.58. The lowest BCUT2D eigenvalue weighted by molar-refractivity contribution is -0.119. The Morgan fingerprint density at radius 2 is 1.72 bits per heavy atom. The summed E-state index contributed by atoms with van der Waals surface area (Å²) in [6, 6.07) is 9.40. The number of carbonyl (C=O) groups excluding carboxylic acids is 2. The van der Waals surface area contributed by atoms with Crippen molar-refractivity contribution in [2.45, 2.75) is 19.9 Å². The van der Waals surface area contributed by atoms with Crippen LogP contribution in [0, 0.1) is 0 Å². The Morgan fingerprint density at radius 1 is 1.11 bits per heavy atom. The van der Waals surface area contributed by atoms with Crippen molar-refractivity contribution in [1.29, 1.82) is 0 Å². The number of para-hydroxylation sites is 1. The molecule has 0 saturated heterocycles. The highest BCUT2D eigenvalue weighted by Gasteiger charge is 2.06. The molecule has 1 aromatic rings. The van der Waals surface area contributed by atoms with Crippen LogP contribution >= 0.6 is 11.8 Å². The molecule has 1 rings (SSSR count). The molecule has 0 bridgehead atoms. The van der Waals surface area contributed by atoms with Crippen LogP contribution in [0.25, 0.3) is 0 Å². The Labute approximate surface area is 112 Å². The van der Waals surface area contributed by atoms with Crippen LogP contribution in [0.3, 0.4) is 0 Å². The van der Waals surface area contributed by atoms with Gasteiger partial charge in [-0.05, 0) is 26.0 Å². The van der Waals surface area contributed by atoms with Gasteiger partial charge in [0.2, 0.25) is 11.8 Å². The number of carbonyl (C=O) groups is 2. The van der Waals surface area contributed by atoms with E-state index < -0.39 is 0 Å². The van der Waals surface area contributed by atoms with Crippen LogP contribution in [0.5, 0.6) is 0 Å². The summed E-state index contributed by atoms with van der Waals surface area (Å²) in [6.45, 7) is 3.81. The zero-order chi connectivity index (χ0) is 13.4. The summed E-state index contributed by atoms with van der Waals surface area (Å²) in [5.41, 5.74) is 0.773. The smallest absolute Gasteiger partial charge is 0.234 e. The lowest BCUT2D eigenvalue weighted by Crippen LogP contribution is -2.31. The zero-order valence-electron chi connectivity index (χ0n) is 10.6. The van der Waals surface area contributed by atoms with Gasteiger partial charge in [-0.2, -0.15) is 0 Å². The second-order valence-electron chi connectivity index (χ2n) is 4.13. The van der Waals surface area contributed by atoms with Gasteiger partial charge in [0.05, 0.1) is 11.5 Å². The minimum Gasteiger partial charge on any atom is -0.353 e. The van der Waals surface area contributed by atoms with Gasteiger partial charge >= 0.3 is 0 Å². The molecule has 0 aliphatic heterocycles. The van der Waals surface area contributed by atoms with Gasteiger partial charge in [-0.1, -0.05) is 18.2 Å². The molecule has 1 aromatic carbocycles. The van der Waals surface area contributed by atoms with E-state index >= 15 is 0 Å². The first-order valence-corrected chi connectivity index (χ1v) is 6.95. The molecule has 0 aliphatic rings. The first kappa shape index (κ1) is 14.6. The summed E-state index contributed by atoms with van der Waals surface area (Å²) in [6.07, 6.45) is 0. The lowest BCUT2D eigenvalue weighted by Gasteiger charge is -2.08. The van der Waals surface area contributed by atoms with Gasteiger partial charge in [0.25, 0.3) is 0 Å². The van der Waals surface area contributed by atoms with Gasteiger partial charge in [0, 0.05) is 11.7 Å². The Hall–Kier alpha value is -1.49. The average molecular weight is 266 g/mol. The number of rotatable bonds is 6. The summed E-state index contributed by atoms with van der Waals surface area (Å²) in [7, 11) is 0. The maximum atomic E-state index is 11.6. The van der Waals surface area contributed by atoms with Crippen molar-refractivity contribution < 1.29 is 9.59 Å². The summed E-state index contributed by atoms with van der Waals surface area (Å²) < 4.78 is 0. The van der Waals surface area contributed by atoms with Crippen LogP contribution in [0.15, 0.2) is 30.3 Å². The van der Waals surface area contributed by atoms with Gasteiger partial charge < -0.3 is 10.6 Å². The summed E-state index contributed by atoms with van der Waals surface area (Å²) in [4.78, 5) is 22.9. The molecule has 0 aliphatic carbocycles. The number of nitrogens with one attached hydrogen (secondary N) is 2. The van der Waals surface area contributed by atoms with E-state index in [1.54, 1.807) is 0 Å². The minimum atomic E-state index is -0.0939. The summed E-state index contributed by atoms with van der Waals surface area (Å²) in [5, 5.41) is 5.54. The van der Waals surface area contributed by atoms with E-state index in [1.165, 1.54) is 11.8 Å². The molecule has 0 radical (unpaired) electrons. The number of thioether (sulfide) groups is 1. The van der Waals surface area contributed by atoms with Crippen molar-refractivity contribution in [3.63, 3.8) is 0 Å². The lowest BCUT2D eigenvalue weighted by atomic mass is 10.3. The summed E-state index contributed by atoms with van der Waals surface area (Å²) in [5.74, 6) is 0.451. The van der Waals surface area contributed by atoms with Crippen molar-refractivity contribution in [3.8, 4) is 0 Å². The van der Waals surface area contributed by atoms with Crippen molar-refractivity contribution >= 4 is 29.3 Å². The topological polar surface area (TPSA) is 58.2 Å². The Bertz CT molecular complexity index is 393. The molecule has 2 N–H and O–H groups in total. The van der Waals surface area contributed by atoms with E-state index in [0.29, 0.717) is 5.75 Å². The van der Waals surface area contributed by atoms with Crippen molar-refractivity contribution in [3.05, 3.63) is 30.3 Å². The molecule has 0 saturated carbocycles. The van der Waals surface area contributed by atoms with Crippen molar-refractivity contribution in [2.24, 2.45) is 0 Å². The predicted octanol–water partition coefficient (Wildman–Crippen LogP) is 1.88. The zero-order valence-corrected chi connectivity index (χ0v) is 11.4. The third-order valence-corrected chi connectivity index (χ3v) is 2.91. The van der Waals surface area contributed by atoms with Crippen molar-refractivity contribution in [2.75, 3.05) is 16.8 Å². The van der Waals surface area contributed by atoms with E-state index in [2.05, 4.69) is 10.6 Å². The largest absolute Gasteiger partial charge is 0.353 e. The molecule has 18 heavy (non-hydrogen) atoms. The monoisotopic (exact) mass is 266 g/mol. The molecular formula is C13H18N2O2S. The third kappa shape index (κ3) is 6.30. The fourth-order valence-electron chi connectivity index (χ4n) is 1.32. The van der Waals surface area contributed by atoms with Gasteiger partial charge in [0.15, 0.2) is 0 Å². The van der Waals surface area contributed by atoms with Crippen LogP contribution in [0.1, 0.15) is 13.8 Å². The normalized spacial score (nSPS) is 10.2. The molecule has 2 amide bonds. The fraction of sp³-hybridized carbons (Fsp3) is 0.385. The highest BCUT2D eigenvalue weighted by atomic mass is 32.2. The molecule has 0 aromatic heterocycles. The second kappa shape index (κ2) is 7.76. The van der Waals surface area contributed by atoms with Gasteiger partial charge in [-0.3, -0.25) is 9.59 Å². The molecule has 0 spiro atoms. The van der Waals surface area contributed by atoms with E-state index in [0.717, 1.165) is 5.69 Å². The van der Waals surface area contributed by atoms with Crippen LogP contribution in [0.2, 0.25) is 0 Å². The average Bonchev–Trinajstić information content (AvgIpc) is 2.29. The fourth-order valence-corrected chi connectivity index (χ4v) is 1.95. The molecule has 0 atom stereocenters. The van der Waals surface area contributed by atoms with E-state index in [-0.39, 0.29) is 23.6 Å².